The molecule has 0 aliphatic rings. The van der Waals surface area contributed by atoms with Gasteiger partial charge in [-0.3, -0.25) is 0 Å². The van der Waals surface area contributed by atoms with Crippen molar-refractivity contribution >= 4 is 5.97 Å². The maximum atomic E-state index is 12.4. The fraction of sp³-hybridized carbons (Fsp3) is 0.158. The van der Waals surface area contributed by atoms with Gasteiger partial charge in [0.2, 0.25) is 0 Å². The summed E-state index contributed by atoms with van der Waals surface area (Å²) in [5.41, 5.74) is 2.02. The number of carbonyl (C=O) groups is 1. The largest absolute Gasteiger partial charge is 0.488 e. The predicted molar refractivity (Wildman–Crippen MR) is 88.2 cm³/mol. The first-order valence-corrected chi connectivity index (χ1v) is 7.56. The van der Waals surface area contributed by atoms with Gasteiger partial charge in [0, 0.05) is 0 Å². The molecule has 0 fully saturated rings. The lowest BCUT2D eigenvalue weighted by Crippen LogP contribution is -2.11. The van der Waals surface area contributed by atoms with Crippen molar-refractivity contribution in [1.82, 2.24) is 5.16 Å². The summed E-state index contributed by atoms with van der Waals surface area (Å²) in [5.74, 6) is 1.19. The molecule has 0 atom stereocenters. The van der Waals surface area contributed by atoms with E-state index in [2.05, 4.69) is 5.16 Å². The first kappa shape index (κ1) is 15.8. The van der Waals surface area contributed by atoms with Crippen LogP contribution in [0.2, 0.25) is 0 Å². The van der Waals surface area contributed by atoms with Crippen LogP contribution in [-0.2, 0) is 6.61 Å². The van der Waals surface area contributed by atoms with Gasteiger partial charge in [-0.25, -0.2) is 4.79 Å². The summed E-state index contributed by atoms with van der Waals surface area (Å²) >= 11 is 0. The Hall–Kier alpha value is -3.08. The zero-order valence-electron chi connectivity index (χ0n) is 13.5. The number of hydrogen-bond donors (Lipinski definition) is 0. The molecule has 3 rings (SSSR count). The quantitative estimate of drug-likeness (QED) is 0.523. The molecule has 24 heavy (non-hydrogen) atoms. The zero-order valence-corrected chi connectivity index (χ0v) is 13.5. The van der Waals surface area contributed by atoms with Gasteiger partial charge in [-0.05, 0) is 38.1 Å². The Kier molecular flexibility index (Phi) is 4.61. The molecule has 0 radical (unpaired) electrons. The van der Waals surface area contributed by atoms with Crippen molar-refractivity contribution in [3.63, 3.8) is 0 Å². The monoisotopic (exact) mass is 323 g/mol. The Morgan fingerprint density at radius 3 is 2.46 bits per heavy atom. The highest BCUT2D eigenvalue weighted by Crippen LogP contribution is 2.23. The van der Waals surface area contributed by atoms with Gasteiger partial charge in [-0.1, -0.05) is 35.5 Å². The Morgan fingerprint density at radius 2 is 1.75 bits per heavy atom. The van der Waals surface area contributed by atoms with Crippen LogP contribution >= 0.6 is 0 Å². The van der Waals surface area contributed by atoms with Crippen LogP contribution < -0.4 is 9.47 Å². The summed E-state index contributed by atoms with van der Waals surface area (Å²) < 4.78 is 16.3. The van der Waals surface area contributed by atoms with Gasteiger partial charge in [-0.2, -0.15) is 0 Å². The number of carbonyl (C=O) groups excluding carboxylic acids is 1. The maximum Gasteiger partial charge on any atom is 0.347 e. The molecule has 122 valence electrons. The molecule has 3 aromatic rings. The van der Waals surface area contributed by atoms with Crippen LogP contribution in [0.4, 0.5) is 0 Å². The molecule has 0 unspecified atom stereocenters. The third-order valence-electron chi connectivity index (χ3n) is 3.61. The predicted octanol–water partition coefficient (Wildman–Crippen LogP) is 4.09. The van der Waals surface area contributed by atoms with E-state index in [-0.39, 0.29) is 6.61 Å². The number of aryl methyl sites for hydroxylation is 2. The van der Waals surface area contributed by atoms with E-state index in [9.17, 15) is 4.79 Å². The van der Waals surface area contributed by atoms with Gasteiger partial charge in [0.05, 0.1) is 11.3 Å². The van der Waals surface area contributed by atoms with E-state index >= 15 is 0 Å². The molecule has 0 saturated heterocycles. The number of ether oxygens (including phenoxy) is 2. The number of aromatic nitrogens is 1. The Bertz CT molecular complexity index is 820. The van der Waals surface area contributed by atoms with Crippen molar-refractivity contribution in [3.05, 3.63) is 77.2 Å². The molecule has 0 N–H and O–H groups in total. The molecule has 1 heterocycles. The van der Waals surface area contributed by atoms with Crippen LogP contribution in [0.3, 0.4) is 0 Å². The highest BCUT2D eigenvalue weighted by atomic mass is 16.5. The number of nitrogens with zero attached hydrogens (tertiary/aromatic N) is 1. The van der Waals surface area contributed by atoms with Crippen molar-refractivity contribution in [3.8, 4) is 11.5 Å². The van der Waals surface area contributed by atoms with Gasteiger partial charge >= 0.3 is 5.97 Å². The lowest BCUT2D eigenvalue weighted by Gasteiger charge is -2.11. The summed E-state index contributed by atoms with van der Waals surface area (Å²) in [7, 11) is 0. The standard InChI is InChI=1S/C19H17NO4/c1-13-17(14(2)24-20-13)12-22-18-11-7-6-10-16(18)19(21)23-15-8-4-3-5-9-15/h3-11H,12H2,1-2H3. The second-order valence-corrected chi connectivity index (χ2v) is 5.29. The van der Waals surface area contributed by atoms with E-state index in [4.69, 9.17) is 14.0 Å². The van der Waals surface area contributed by atoms with Crippen LogP contribution in [0, 0.1) is 13.8 Å². The van der Waals surface area contributed by atoms with Crippen molar-refractivity contribution in [2.75, 3.05) is 0 Å². The summed E-state index contributed by atoms with van der Waals surface area (Å²) in [4.78, 5) is 12.4. The minimum Gasteiger partial charge on any atom is -0.488 e. The summed E-state index contributed by atoms with van der Waals surface area (Å²) in [6.45, 7) is 3.95. The average Bonchev–Trinajstić information content (AvgIpc) is 2.92. The van der Waals surface area contributed by atoms with E-state index in [1.807, 2.05) is 38.1 Å². The Morgan fingerprint density at radius 1 is 1.04 bits per heavy atom. The minimum atomic E-state index is -0.462. The van der Waals surface area contributed by atoms with Gasteiger partial charge < -0.3 is 14.0 Å². The fourth-order valence-corrected chi connectivity index (χ4v) is 2.27. The minimum absolute atomic E-state index is 0.275. The molecule has 1 aromatic heterocycles. The fourth-order valence-electron chi connectivity index (χ4n) is 2.27. The summed E-state index contributed by atoms with van der Waals surface area (Å²) in [5, 5.41) is 3.90. The van der Waals surface area contributed by atoms with E-state index in [1.165, 1.54) is 0 Å². The van der Waals surface area contributed by atoms with Crippen molar-refractivity contribution in [1.29, 1.82) is 0 Å². The lowest BCUT2D eigenvalue weighted by atomic mass is 10.2. The van der Waals surface area contributed by atoms with Gasteiger partial charge in [0.1, 0.15) is 29.4 Å². The number of para-hydroxylation sites is 2. The molecular formula is C19H17NO4. The molecule has 2 aromatic carbocycles. The molecule has 5 heteroatoms. The molecular weight excluding hydrogens is 306 g/mol. The average molecular weight is 323 g/mol. The van der Waals surface area contributed by atoms with Crippen molar-refractivity contribution < 1.29 is 18.8 Å². The third kappa shape index (κ3) is 3.46. The highest BCUT2D eigenvalue weighted by molar-refractivity contribution is 5.93. The Balaban J connectivity index is 1.76. The first-order valence-electron chi connectivity index (χ1n) is 7.56. The molecule has 0 bridgehead atoms. The van der Waals surface area contributed by atoms with Gasteiger partial charge in [-0.15, -0.1) is 0 Å². The van der Waals surface area contributed by atoms with Crippen LogP contribution in [0.1, 0.15) is 27.4 Å². The Labute approximate surface area is 139 Å². The zero-order chi connectivity index (χ0) is 16.9. The van der Waals surface area contributed by atoms with Gasteiger partial charge in [0.15, 0.2) is 0 Å². The maximum absolute atomic E-state index is 12.4. The highest BCUT2D eigenvalue weighted by Gasteiger charge is 2.16. The molecule has 0 spiro atoms. The normalized spacial score (nSPS) is 10.4. The second kappa shape index (κ2) is 7.00. The molecule has 0 amide bonds. The van der Waals surface area contributed by atoms with Crippen molar-refractivity contribution in [2.24, 2.45) is 0 Å². The van der Waals surface area contributed by atoms with E-state index in [0.29, 0.717) is 22.8 Å². The van der Waals surface area contributed by atoms with Gasteiger partial charge in [0.25, 0.3) is 0 Å². The van der Waals surface area contributed by atoms with E-state index in [1.54, 1.807) is 30.3 Å². The van der Waals surface area contributed by atoms with Crippen molar-refractivity contribution in [2.45, 2.75) is 20.5 Å². The smallest absolute Gasteiger partial charge is 0.347 e. The van der Waals surface area contributed by atoms with Crippen LogP contribution in [-0.4, -0.2) is 11.1 Å². The summed E-state index contributed by atoms with van der Waals surface area (Å²) in [6, 6.07) is 15.9. The molecule has 0 aliphatic carbocycles. The second-order valence-electron chi connectivity index (χ2n) is 5.29. The third-order valence-corrected chi connectivity index (χ3v) is 3.61. The topological polar surface area (TPSA) is 61.6 Å². The molecule has 0 saturated carbocycles. The number of benzene rings is 2. The molecule has 5 nitrogen and oxygen atoms in total. The number of esters is 1. The lowest BCUT2D eigenvalue weighted by molar-refractivity contribution is 0.0729. The van der Waals surface area contributed by atoms with E-state index in [0.717, 1.165) is 11.3 Å². The first-order chi connectivity index (χ1) is 11.6. The van der Waals surface area contributed by atoms with Crippen LogP contribution in [0.5, 0.6) is 11.5 Å². The number of rotatable bonds is 5. The van der Waals surface area contributed by atoms with Crippen LogP contribution in [0.25, 0.3) is 0 Å². The SMILES string of the molecule is Cc1noc(C)c1COc1ccccc1C(=O)Oc1ccccc1. The molecule has 0 aliphatic heterocycles. The van der Waals surface area contributed by atoms with Crippen LogP contribution in [0.15, 0.2) is 59.1 Å². The number of hydrogen-bond acceptors (Lipinski definition) is 5. The van der Waals surface area contributed by atoms with E-state index < -0.39 is 5.97 Å². The summed E-state index contributed by atoms with van der Waals surface area (Å²) in [6.07, 6.45) is 0.